The molecule has 2 aliphatic heterocycles. The number of anilines is 6. The van der Waals surface area contributed by atoms with Gasteiger partial charge in [-0.3, -0.25) is 0 Å². The van der Waals surface area contributed by atoms with E-state index in [4.69, 9.17) is 0 Å². The van der Waals surface area contributed by atoms with Gasteiger partial charge in [0.1, 0.15) is 0 Å². The Morgan fingerprint density at radius 2 is 0.662 bits per heavy atom. The summed E-state index contributed by atoms with van der Waals surface area (Å²) in [4.78, 5) is 5.02. The monoisotopic (exact) mass is 986 g/mol. The molecule has 0 saturated carbocycles. The molecule has 368 valence electrons. The lowest BCUT2D eigenvalue weighted by Gasteiger charge is -2.42. The quantitative estimate of drug-likeness (QED) is 0.159. The molecule has 0 unspecified atom stereocenters. The van der Waals surface area contributed by atoms with Gasteiger partial charge >= 0.3 is 0 Å². The van der Waals surface area contributed by atoms with Crippen LogP contribution in [-0.4, -0.2) is 0 Å². The lowest BCUT2D eigenvalue weighted by molar-refractivity contribution is 0.632. The molecule has 3 aliphatic rings. The summed E-state index contributed by atoms with van der Waals surface area (Å²) in [6.45, 7) is 14.2. The molecule has 1 aliphatic carbocycles. The number of rotatable bonds is 5. The van der Waals surface area contributed by atoms with E-state index >= 15 is 0 Å². The van der Waals surface area contributed by atoms with E-state index in [-0.39, 0.29) is 16.2 Å². The fourth-order valence-electron chi connectivity index (χ4n) is 14.2. The highest BCUT2D eigenvalue weighted by Crippen LogP contribution is 2.57. The van der Waals surface area contributed by atoms with Crippen LogP contribution in [0.2, 0.25) is 0 Å². The van der Waals surface area contributed by atoms with Gasteiger partial charge in [0.25, 0.3) is 0 Å². The summed E-state index contributed by atoms with van der Waals surface area (Å²) in [5.41, 5.74) is 24.7. The van der Waals surface area contributed by atoms with Gasteiger partial charge in [-0.1, -0.05) is 224 Å². The number of hydrogen-bond acceptors (Lipinski definition) is 2. The number of nitrogens with zero attached hydrogens (tertiary/aromatic N) is 2. The van der Waals surface area contributed by atoms with Crippen molar-refractivity contribution in [2.24, 2.45) is 0 Å². The number of benzene rings is 12. The van der Waals surface area contributed by atoms with Crippen molar-refractivity contribution >= 4 is 66.4 Å². The molecule has 0 radical (unpaired) electrons. The first-order valence-electron chi connectivity index (χ1n) is 27.3. The van der Waals surface area contributed by atoms with Gasteiger partial charge in [0, 0.05) is 27.6 Å². The molecule has 0 atom stereocenters. The van der Waals surface area contributed by atoms with Crippen molar-refractivity contribution < 1.29 is 0 Å². The van der Waals surface area contributed by atoms with Gasteiger partial charge < -0.3 is 9.80 Å². The normalized spacial score (nSPS) is 15.1. The summed E-state index contributed by atoms with van der Waals surface area (Å²) < 4.78 is 0. The van der Waals surface area contributed by atoms with E-state index in [1.807, 2.05) is 0 Å². The molecule has 2 heterocycles. The summed E-state index contributed by atoms with van der Waals surface area (Å²) in [6, 6.07) is 91.8. The molecule has 2 nitrogen and oxygen atoms in total. The molecule has 0 saturated heterocycles. The third-order valence-electron chi connectivity index (χ3n) is 18.0. The van der Waals surface area contributed by atoms with Crippen molar-refractivity contribution in [3.63, 3.8) is 0 Å². The average Bonchev–Trinajstić information content (AvgIpc) is 3.74. The highest BCUT2D eigenvalue weighted by molar-refractivity contribution is 6.25. The third-order valence-corrected chi connectivity index (χ3v) is 18.0. The maximum absolute atomic E-state index is 2.51. The second-order valence-corrected chi connectivity index (χ2v) is 23.2. The van der Waals surface area contributed by atoms with Crippen LogP contribution < -0.4 is 9.80 Å². The zero-order chi connectivity index (χ0) is 52.0. The first-order chi connectivity index (χ1) is 37.5. The zero-order valence-electron chi connectivity index (χ0n) is 44.5. The molecule has 15 rings (SSSR count). The first-order valence-corrected chi connectivity index (χ1v) is 27.3. The van der Waals surface area contributed by atoms with E-state index in [9.17, 15) is 0 Å². The SMILES string of the molecule is CC1(C)c2ccccc2-c2ccc(-c3cccc(-c4c5cc(N6c7ccccc7C(C)(C)c7ccccc76)ccc5c(-c5cccc6ccccc56)c5cc(N6c7ccccc7C(C)(C)c7ccccc76)ccc45)c3)cc21. The molecule has 0 amide bonds. The van der Waals surface area contributed by atoms with Crippen LogP contribution in [0.5, 0.6) is 0 Å². The van der Waals surface area contributed by atoms with Crippen LogP contribution in [0.25, 0.3) is 76.8 Å². The molecule has 0 N–H and O–H groups in total. The zero-order valence-corrected chi connectivity index (χ0v) is 44.5. The van der Waals surface area contributed by atoms with Gasteiger partial charge in [0.2, 0.25) is 0 Å². The summed E-state index contributed by atoms with van der Waals surface area (Å²) in [6.07, 6.45) is 0. The van der Waals surface area contributed by atoms with Gasteiger partial charge in [0.05, 0.1) is 22.7 Å². The summed E-state index contributed by atoms with van der Waals surface area (Å²) in [7, 11) is 0. The van der Waals surface area contributed by atoms with Crippen molar-refractivity contribution in [3.05, 3.63) is 276 Å². The lowest BCUT2D eigenvalue weighted by atomic mass is 9.73. The lowest BCUT2D eigenvalue weighted by Crippen LogP contribution is -2.30. The maximum Gasteiger partial charge on any atom is 0.0502 e. The molecular formula is C75H58N2. The fourth-order valence-corrected chi connectivity index (χ4v) is 14.2. The molecule has 0 aromatic heterocycles. The topological polar surface area (TPSA) is 6.48 Å². The van der Waals surface area contributed by atoms with Crippen molar-refractivity contribution in [1.82, 2.24) is 0 Å². The smallest absolute Gasteiger partial charge is 0.0502 e. The van der Waals surface area contributed by atoms with Crippen LogP contribution in [0.15, 0.2) is 243 Å². The first kappa shape index (κ1) is 45.4. The predicted octanol–water partition coefficient (Wildman–Crippen LogP) is 20.7. The minimum Gasteiger partial charge on any atom is -0.310 e. The van der Waals surface area contributed by atoms with Crippen LogP contribution in [0.3, 0.4) is 0 Å². The largest absolute Gasteiger partial charge is 0.310 e. The van der Waals surface area contributed by atoms with E-state index in [1.54, 1.807) is 0 Å². The minimum absolute atomic E-state index is 0.108. The van der Waals surface area contributed by atoms with Gasteiger partial charge in [-0.2, -0.15) is 0 Å². The van der Waals surface area contributed by atoms with Crippen molar-refractivity contribution in [2.45, 2.75) is 57.8 Å². The van der Waals surface area contributed by atoms with Crippen LogP contribution in [-0.2, 0) is 16.2 Å². The molecule has 77 heavy (non-hydrogen) atoms. The second-order valence-electron chi connectivity index (χ2n) is 23.2. The molecule has 2 heteroatoms. The number of hydrogen-bond donors (Lipinski definition) is 0. The van der Waals surface area contributed by atoms with Crippen LogP contribution in [0, 0.1) is 0 Å². The highest BCUT2D eigenvalue weighted by atomic mass is 15.2. The molecule has 12 aromatic carbocycles. The third kappa shape index (κ3) is 6.55. The Morgan fingerprint density at radius 1 is 0.247 bits per heavy atom. The van der Waals surface area contributed by atoms with Gasteiger partial charge in [-0.15, -0.1) is 0 Å². The Morgan fingerprint density at radius 3 is 1.26 bits per heavy atom. The Labute approximate surface area is 452 Å². The molecular weight excluding hydrogens is 929 g/mol. The minimum atomic E-state index is -0.178. The maximum atomic E-state index is 2.51. The van der Waals surface area contributed by atoms with E-state index in [0.717, 1.165) is 11.4 Å². The molecule has 0 spiro atoms. The van der Waals surface area contributed by atoms with Crippen LogP contribution >= 0.6 is 0 Å². The van der Waals surface area contributed by atoms with Crippen molar-refractivity contribution in [1.29, 1.82) is 0 Å². The van der Waals surface area contributed by atoms with E-state index in [0.29, 0.717) is 0 Å². The highest BCUT2D eigenvalue weighted by Gasteiger charge is 2.39. The molecule has 12 aromatic rings. The van der Waals surface area contributed by atoms with Gasteiger partial charge in [-0.05, 0) is 171 Å². The van der Waals surface area contributed by atoms with Crippen molar-refractivity contribution in [2.75, 3.05) is 9.80 Å². The van der Waals surface area contributed by atoms with E-state index in [2.05, 4.69) is 294 Å². The second kappa shape index (κ2) is 16.5. The molecule has 0 bridgehead atoms. The molecule has 0 fully saturated rings. The Hall–Kier alpha value is -8.98. The Kier molecular flexibility index (Phi) is 9.74. The number of fused-ring (bicyclic) bond motifs is 10. The van der Waals surface area contributed by atoms with E-state index in [1.165, 1.54) is 133 Å². The predicted molar refractivity (Wildman–Crippen MR) is 326 cm³/mol. The Bertz CT molecular complexity index is 4350. The number of para-hydroxylation sites is 4. The van der Waals surface area contributed by atoms with Gasteiger partial charge in [-0.25, -0.2) is 0 Å². The summed E-state index contributed by atoms with van der Waals surface area (Å²) >= 11 is 0. The summed E-state index contributed by atoms with van der Waals surface area (Å²) in [5.74, 6) is 0. The van der Waals surface area contributed by atoms with E-state index < -0.39 is 0 Å². The average molecular weight is 987 g/mol. The van der Waals surface area contributed by atoms with Crippen LogP contribution in [0.4, 0.5) is 34.1 Å². The van der Waals surface area contributed by atoms with Gasteiger partial charge in [0.15, 0.2) is 0 Å². The summed E-state index contributed by atoms with van der Waals surface area (Å²) in [5, 5.41) is 7.31. The van der Waals surface area contributed by atoms with Crippen LogP contribution in [0.1, 0.15) is 74.9 Å². The van der Waals surface area contributed by atoms with Crippen molar-refractivity contribution in [3.8, 4) is 44.5 Å². The fraction of sp³-hybridized carbons (Fsp3) is 0.120. The Balaban J connectivity index is 1.04. The standard InChI is InChI=1S/C75H58N2/c1-73(2)61-28-10-9-26-54(61)55-40-37-49(44-66(55)73)48-23-19-24-50(43-48)71-57-41-38-52(77-69-35-17-13-31-64(69)75(5,6)65-32-14-18-36-70(65)77)46-60(57)72(56-27-20-22-47-21-7-8-25-53(47)56)58-42-39-51(45-59(58)71)76-67-33-15-11-29-62(67)74(3,4)63-30-12-16-34-68(63)76/h7-46H,1-6H3.